The van der Waals surface area contributed by atoms with Crippen molar-refractivity contribution in [3.05, 3.63) is 35.6 Å². The van der Waals surface area contributed by atoms with Gasteiger partial charge in [0, 0.05) is 24.8 Å². The quantitative estimate of drug-likeness (QED) is 0.890. The molecule has 1 aromatic carbocycles. The summed E-state index contributed by atoms with van der Waals surface area (Å²) in [5.41, 5.74) is 0.768. The van der Waals surface area contributed by atoms with E-state index >= 15 is 0 Å². The molecule has 3 nitrogen and oxygen atoms in total. The lowest BCUT2D eigenvalue weighted by Gasteiger charge is -2.52. The van der Waals surface area contributed by atoms with Crippen LogP contribution in [0, 0.1) is 11.2 Å². The van der Waals surface area contributed by atoms with Gasteiger partial charge in [0.05, 0.1) is 0 Å². The first-order chi connectivity index (χ1) is 9.20. The largest absolute Gasteiger partial charge is 0.381 e. The highest BCUT2D eigenvalue weighted by atomic mass is 19.1. The van der Waals surface area contributed by atoms with E-state index in [1.165, 1.54) is 30.7 Å². The van der Waals surface area contributed by atoms with Gasteiger partial charge >= 0.3 is 0 Å². The van der Waals surface area contributed by atoms with Crippen molar-refractivity contribution in [2.24, 2.45) is 5.41 Å². The minimum Gasteiger partial charge on any atom is -0.381 e. The number of nitrogens with one attached hydrogen (secondary N) is 1. The summed E-state index contributed by atoms with van der Waals surface area (Å²) < 4.78 is 18.2. The summed E-state index contributed by atoms with van der Waals surface area (Å²) in [6.45, 7) is 1.59. The van der Waals surface area contributed by atoms with Gasteiger partial charge in [-0.1, -0.05) is 0 Å². The van der Waals surface area contributed by atoms with Gasteiger partial charge in [0.15, 0.2) is 0 Å². The summed E-state index contributed by atoms with van der Waals surface area (Å²) in [5, 5.41) is 3.10. The molecule has 102 valence electrons. The van der Waals surface area contributed by atoms with Crippen LogP contribution in [0.2, 0.25) is 0 Å². The molecule has 1 saturated carbocycles. The molecule has 2 aliphatic rings. The number of carbonyl (C=O) groups excluding carboxylic acids is 1. The molecule has 1 saturated heterocycles. The third-order valence-electron chi connectivity index (χ3n) is 4.57. The Morgan fingerprint density at radius 3 is 2.47 bits per heavy atom. The topological polar surface area (TPSA) is 38.3 Å². The van der Waals surface area contributed by atoms with E-state index in [9.17, 15) is 9.18 Å². The summed E-state index contributed by atoms with van der Waals surface area (Å²) in [6.07, 6.45) is 4.26. The van der Waals surface area contributed by atoms with Crippen molar-refractivity contribution in [1.29, 1.82) is 0 Å². The van der Waals surface area contributed by atoms with Gasteiger partial charge in [0.25, 0.3) is 5.91 Å². The molecule has 4 heteroatoms. The Bertz CT molecular complexity index is 466. The zero-order valence-corrected chi connectivity index (χ0v) is 10.8. The highest BCUT2D eigenvalue weighted by Gasteiger charge is 2.47. The summed E-state index contributed by atoms with van der Waals surface area (Å²) in [6, 6.07) is 5.94. The maximum absolute atomic E-state index is 12.8. The van der Waals surface area contributed by atoms with E-state index in [4.69, 9.17) is 4.74 Å². The molecular formula is C15H18FNO2. The van der Waals surface area contributed by atoms with Crippen LogP contribution in [-0.4, -0.2) is 25.2 Å². The maximum atomic E-state index is 12.8. The maximum Gasteiger partial charge on any atom is 0.251 e. The van der Waals surface area contributed by atoms with E-state index in [2.05, 4.69) is 5.32 Å². The highest BCUT2D eigenvalue weighted by Crippen LogP contribution is 2.48. The first-order valence-electron chi connectivity index (χ1n) is 6.84. The second-order valence-electron chi connectivity index (χ2n) is 5.55. The Hall–Kier alpha value is -1.42. The molecule has 19 heavy (non-hydrogen) atoms. The number of rotatable bonds is 2. The third-order valence-corrected chi connectivity index (χ3v) is 4.57. The number of hydrogen-bond acceptors (Lipinski definition) is 2. The van der Waals surface area contributed by atoms with Crippen molar-refractivity contribution >= 4 is 5.91 Å². The lowest BCUT2D eigenvalue weighted by Crippen LogP contribution is -2.57. The number of amides is 1. The van der Waals surface area contributed by atoms with Gasteiger partial charge in [-0.15, -0.1) is 0 Å². The minimum atomic E-state index is -0.318. The molecule has 1 atom stereocenters. The van der Waals surface area contributed by atoms with Crippen LogP contribution in [0.4, 0.5) is 4.39 Å². The second-order valence-corrected chi connectivity index (χ2v) is 5.55. The molecule has 1 amide bonds. The predicted molar refractivity (Wildman–Crippen MR) is 69.4 cm³/mol. The van der Waals surface area contributed by atoms with Crippen molar-refractivity contribution < 1.29 is 13.9 Å². The summed E-state index contributed by atoms with van der Waals surface area (Å²) in [4.78, 5) is 12.1. The highest BCUT2D eigenvalue weighted by molar-refractivity contribution is 5.94. The van der Waals surface area contributed by atoms with Crippen molar-refractivity contribution in [1.82, 2.24) is 5.32 Å². The molecule has 0 radical (unpaired) electrons. The van der Waals surface area contributed by atoms with Crippen molar-refractivity contribution in [2.75, 3.05) is 13.2 Å². The zero-order chi connectivity index (χ0) is 13.3. The summed E-state index contributed by atoms with van der Waals surface area (Å²) in [5.74, 6) is -0.420. The van der Waals surface area contributed by atoms with Gasteiger partial charge in [0.1, 0.15) is 5.82 Å². The average Bonchev–Trinajstić information content (AvgIpc) is 2.45. The minimum absolute atomic E-state index is 0.101. The Morgan fingerprint density at radius 1 is 1.21 bits per heavy atom. The Balaban J connectivity index is 1.65. The third kappa shape index (κ3) is 2.37. The van der Waals surface area contributed by atoms with Gasteiger partial charge in [-0.2, -0.15) is 0 Å². The SMILES string of the molecule is O=C(NC1CCC12CCOCC2)c1ccc(F)cc1. The fourth-order valence-corrected chi connectivity index (χ4v) is 3.14. The molecule has 1 aliphatic heterocycles. The molecule has 1 aromatic rings. The first-order valence-corrected chi connectivity index (χ1v) is 6.84. The fourth-order valence-electron chi connectivity index (χ4n) is 3.14. The van der Waals surface area contributed by atoms with Crippen LogP contribution < -0.4 is 5.32 Å². The zero-order valence-electron chi connectivity index (χ0n) is 10.8. The van der Waals surface area contributed by atoms with Crippen LogP contribution in [0.1, 0.15) is 36.0 Å². The number of carbonyl (C=O) groups is 1. The molecule has 1 N–H and O–H groups in total. The molecule has 3 rings (SSSR count). The van der Waals surface area contributed by atoms with E-state index in [-0.39, 0.29) is 23.2 Å². The van der Waals surface area contributed by atoms with Gasteiger partial charge in [-0.05, 0) is 55.4 Å². The standard InChI is InChI=1S/C15H18FNO2/c16-12-3-1-11(2-4-12)14(18)17-13-5-6-15(13)7-9-19-10-8-15/h1-4,13H,5-10H2,(H,17,18). The van der Waals surface area contributed by atoms with Crippen LogP contribution in [0.25, 0.3) is 0 Å². The fraction of sp³-hybridized carbons (Fsp3) is 0.533. The van der Waals surface area contributed by atoms with Crippen LogP contribution in [0.3, 0.4) is 0 Å². The van der Waals surface area contributed by atoms with Crippen molar-refractivity contribution in [3.63, 3.8) is 0 Å². The summed E-state index contributed by atoms with van der Waals surface area (Å²) >= 11 is 0. The predicted octanol–water partition coefficient (Wildman–Crippen LogP) is 2.51. The summed E-state index contributed by atoms with van der Waals surface area (Å²) in [7, 11) is 0. The molecule has 2 fully saturated rings. The number of benzene rings is 1. The van der Waals surface area contributed by atoms with Crippen LogP contribution in [0.5, 0.6) is 0 Å². The second kappa shape index (κ2) is 4.93. The monoisotopic (exact) mass is 263 g/mol. The van der Waals surface area contributed by atoms with Gasteiger partial charge in [-0.3, -0.25) is 4.79 Å². The molecule has 1 aliphatic carbocycles. The average molecular weight is 263 g/mol. The van der Waals surface area contributed by atoms with E-state index in [0.29, 0.717) is 5.56 Å². The normalized spacial score (nSPS) is 24.8. The molecule has 1 unspecified atom stereocenters. The van der Waals surface area contributed by atoms with Gasteiger partial charge in [0.2, 0.25) is 0 Å². The van der Waals surface area contributed by atoms with E-state index in [0.717, 1.165) is 32.5 Å². The molecule has 0 aromatic heterocycles. The van der Waals surface area contributed by atoms with Gasteiger partial charge in [-0.25, -0.2) is 4.39 Å². The van der Waals surface area contributed by atoms with E-state index in [1.807, 2.05) is 0 Å². The van der Waals surface area contributed by atoms with Crippen LogP contribution >= 0.6 is 0 Å². The van der Waals surface area contributed by atoms with Crippen LogP contribution in [-0.2, 0) is 4.74 Å². The van der Waals surface area contributed by atoms with E-state index in [1.54, 1.807) is 0 Å². The molecule has 0 bridgehead atoms. The number of halogens is 1. The lowest BCUT2D eigenvalue weighted by atomic mass is 9.60. The lowest BCUT2D eigenvalue weighted by molar-refractivity contribution is -0.0523. The smallest absolute Gasteiger partial charge is 0.251 e. The Morgan fingerprint density at radius 2 is 1.89 bits per heavy atom. The van der Waals surface area contributed by atoms with Crippen molar-refractivity contribution in [2.45, 2.75) is 31.7 Å². The van der Waals surface area contributed by atoms with Crippen molar-refractivity contribution in [3.8, 4) is 0 Å². The Kier molecular flexibility index (Phi) is 3.27. The number of ether oxygens (including phenoxy) is 1. The first kappa shape index (κ1) is 12.6. The number of hydrogen-bond donors (Lipinski definition) is 1. The Labute approximate surface area is 112 Å². The molecule has 1 spiro atoms. The van der Waals surface area contributed by atoms with Gasteiger partial charge < -0.3 is 10.1 Å². The molecular weight excluding hydrogens is 245 g/mol. The van der Waals surface area contributed by atoms with E-state index < -0.39 is 0 Å². The molecule has 1 heterocycles. The van der Waals surface area contributed by atoms with Crippen LogP contribution in [0.15, 0.2) is 24.3 Å².